The molecule has 9 heteroatoms. The van der Waals surface area contributed by atoms with Gasteiger partial charge in [-0.15, -0.1) is 0 Å². The summed E-state index contributed by atoms with van der Waals surface area (Å²) in [6.07, 6.45) is -2.14. The van der Waals surface area contributed by atoms with E-state index in [0.29, 0.717) is 24.7 Å². The van der Waals surface area contributed by atoms with Gasteiger partial charge >= 0.3 is 12.1 Å². The van der Waals surface area contributed by atoms with Gasteiger partial charge in [0.05, 0.1) is 17.7 Å². The Balaban J connectivity index is 2.07. The first kappa shape index (κ1) is 16.9. The zero-order chi connectivity index (χ0) is 17.0. The monoisotopic (exact) mass is 343 g/mol. The second-order valence-electron chi connectivity index (χ2n) is 4.51. The van der Waals surface area contributed by atoms with Gasteiger partial charge in [0.1, 0.15) is 13.2 Å². The summed E-state index contributed by atoms with van der Waals surface area (Å²) in [4.78, 5) is 34.6. The number of rotatable bonds is 3. The van der Waals surface area contributed by atoms with Crippen LogP contribution in [0.25, 0.3) is 0 Å². The zero-order valence-electron chi connectivity index (χ0n) is 12.4. The average Bonchev–Trinajstić information content (AvgIpc) is 2.54. The minimum Gasteiger partial charge on any atom is -0.486 e. The van der Waals surface area contributed by atoms with E-state index in [1.54, 1.807) is 0 Å². The van der Waals surface area contributed by atoms with E-state index in [0.717, 1.165) is 7.11 Å². The van der Waals surface area contributed by atoms with Crippen molar-refractivity contribution in [1.82, 2.24) is 5.32 Å². The topological polar surface area (TPSA) is 100 Å². The van der Waals surface area contributed by atoms with Crippen LogP contribution in [0.1, 0.15) is 17.3 Å². The van der Waals surface area contributed by atoms with Crippen molar-refractivity contribution in [3.63, 3.8) is 0 Å². The first-order valence-corrected chi connectivity index (χ1v) is 6.99. The van der Waals surface area contributed by atoms with E-state index < -0.39 is 24.1 Å². The summed E-state index contributed by atoms with van der Waals surface area (Å²) in [5.41, 5.74) is 0.0944. The third-order valence-corrected chi connectivity index (χ3v) is 3.18. The molecular weight excluding hydrogens is 330 g/mol. The van der Waals surface area contributed by atoms with Crippen molar-refractivity contribution >= 4 is 29.6 Å². The second-order valence-corrected chi connectivity index (χ2v) is 4.92. The van der Waals surface area contributed by atoms with Gasteiger partial charge in [0.25, 0.3) is 5.91 Å². The minimum absolute atomic E-state index is 0.0944. The number of fused-ring (bicyclic) bond motifs is 1. The molecule has 1 aliphatic rings. The van der Waals surface area contributed by atoms with Crippen LogP contribution in [0.4, 0.5) is 4.79 Å². The zero-order valence-corrected chi connectivity index (χ0v) is 13.1. The number of carbonyl (C=O) groups excluding carboxylic acids is 3. The van der Waals surface area contributed by atoms with Crippen molar-refractivity contribution < 1.29 is 33.3 Å². The fraction of sp³-hybridized carbons (Fsp3) is 0.357. The molecule has 23 heavy (non-hydrogen) atoms. The molecule has 124 valence electrons. The highest BCUT2D eigenvalue weighted by Crippen LogP contribution is 2.38. The highest BCUT2D eigenvalue weighted by atomic mass is 35.5. The Morgan fingerprint density at radius 1 is 1.26 bits per heavy atom. The number of imide groups is 1. The number of benzene rings is 1. The number of ether oxygens (including phenoxy) is 4. The highest BCUT2D eigenvalue weighted by molar-refractivity contribution is 6.32. The van der Waals surface area contributed by atoms with Gasteiger partial charge in [0.15, 0.2) is 17.6 Å². The maximum Gasteiger partial charge on any atom is 0.413 e. The fourth-order valence-electron chi connectivity index (χ4n) is 1.76. The maximum atomic E-state index is 12.1. The van der Waals surface area contributed by atoms with Gasteiger partial charge in [-0.3, -0.25) is 10.1 Å². The predicted octanol–water partition coefficient (Wildman–Crippen LogP) is 1.54. The molecule has 0 aromatic heterocycles. The molecule has 0 unspecified atom stereocenters. The molecule has 0 spiro atoms. The van der Waals surface area contributed by atoms with Crippen molar-refractivity contribution in [3.8, 4) is 11.5 Å². The fourth-order valence-corrected chi connectivity index (χ4v) is 2.03. The van der Waals surface area contributed by atoms with Crippen molar-refractivity contribution in [2.24, 2.45) is 0 Å². The molecule has 2 rings (SSSR count). The molecule has 0 aliphatic carbocycles. The highest BCUT2D eigenvalue weighted by Gasteiger charge is 2.24. The lowest BCUT2D eigenvalue weighted by atomic mass is 10.2. The van der Waals surface area contributed by atoms with Crippen LogP contribution >= 0.6 is 11.6 Å². The lowest BCUT2D eigenvalue weighted by Crippen LogP contribution is -2.39. The average molecular weight is 344 g/mol. The third kappa shape index (κ3) is 4.04. The summed E-state index contributed by atoms with van der Waals surface area (Å²) in [5, 5.41) is 2.09. The summed E-state index contributed by atoms with van der Waals surface area (Å²) >= 11 is 6.02. The number of amides is 2. The first-order chi connectivity index (χ1) is 10.9. The quantitative estimate of drug-likeness (QED) is 0.831. The van der Waals surface area contributed by atoms with E-state index in [1.165, 1.54) is 19.1 Å². The molecule has 0 radical (unpaired) electrons. The molecule has 1 aromatic carbocycles. The number of esters is 1. The molecule has 0 saturated carbocycles. The van der Waals surface area contributed by atoms with E-state index in [9.17, 15) is 14.4 Å². The van der Waals surface area contributed by atoms with Crippen LogP contribution in [-0.4, -0.2) is 44.4 Å². The Labute approximate surface area is 136 Å². The number of methoxy groups -OCH3 is 1. The molecule has 0 fully saturated rings. The number of nitrogens with one attached hydrogen (secondary N) is 1. The summed E-state index contributed by atoms with van der Waals surface area (Å²) in [6, 6.07) is 2.76. The standard InChI is InChI=1S/C14H14ClNO7/c1-7(12(17)16-14(19)20-2)23-13(18)8-5-9(15)11-10(6-8)21-3-4-22-11/h5-7H,3-4H2,1-2H3,(H,16,17,19)/t7-/m1/s1. The number of halogens is 1. The predicted molar refractivity (Wildman–Crippen MR) is 77.9 cm³/mol. The van der Waals surface area contributed by atoms with Crippen molar-refractivity contribution in [2.45, 2.75) is 13.0 Å². The van der Waals surface area contributed by atoms with Gasteiger partial charge in [-0.2, -0.15) is 0 Å². The van der Waals surface area contributed by atoms with Crippen LogP contribution < -0.4 is 14.8 Å². The largest absolute Gasteiger partial charge is 0.486 e. The maximum absolute atomic E-state index is 12.1. The van der Waals surface area contributed by atoms with E-state index in [4.69, 9.17) is 25.8 Å². The molecule has 1 aromatic rings. The van der Waals surface area contributed by atoms with Gasteiger partial charge in [0.2, 0.25) is 0 Å². The Bertz CT molecular complexity index is 646. The second kappa shape index (κ2) is 7.19. The summed E-state index contributed by atoms with van der Waals surface area (Å²) in [7, 11) is 1.11. The van der Waals surface area contributed by atoms with Crippen LogP contribution in [0, 0.1) is 0 Å². The first-order valence-electron chi connectivity index (χ1n) is 6.61. The molecular formula is C14H14ClNO7. The van der Waals surface area contributed by atoms with E-state index in [2.05, 4.69) is 4.74 Å². The molecule has 8 nitrogen and oxygen atoms in total. The van der Waals surface area contributed by atoms with E-state index >= 15 is 0 Å². The van der Waals surface area contributed by atoms with Crippen LogP contribution in [0.3, 0.4) is 0 Å². The Morgan fingerprint density at radius 3 is 2.65 bits per heavy atom. The molecule has 2 amide bonds. The molecule has 1 N–H and O–H groups in total. The van der Waals surface area contributed by atoms with Gasteiger partial charge in [0, 0.05) is 0 Å². The lowest BCUT2D eigenvalue weighted by Gasteiger charge is -2.20. The summed E-state index contributed by atoms with van der Waals surface area (Å²) in [6.45, 7) is 2.01. The molecule has 0 saturated heterocycles. The SMILES string of the molecule is COC(=O)NC(=O)[C@@H](C)OC(=O)c1cc(Cl)c2c(c1)OCCO2. The normalized spacial score (nSPS) is 13.7. The van der Waals surface area contributed by atoms with Gasteiger partial charge in [-0.05, 0) is 19.1 Å². The number of hydrogen-bond donors (Lipinski definition) is 1. The molecule has 1 heterocycles. The minimum atomic E-state index is -1.20. The van der Waals surface area contributed by atoms with Crippen molar-refractivity contribution in [1.29, 1.82) is 0 Å². The van der Waals surface area contributed by atoms with Crippen LogP contribution in [0.2, 0.25) is 5.02 Å². The molecule has 0 bridgehead atoms. The summed E-state index contributed by atoms with van der Waals surface area (Å²) in [5.74, 6) is -0.932. The van der Waals surface area contributed by atoms with Gasteiger partial charge in [-0.25, -0.2) is 9.59 Å². The van der Waals surface area contributed by atoms with E-state index in [-0.39, 0.29) is 10.6 Å². The van der Waals surface area contributed by atoms with Crippen molar-refractivity contribution in [2.75, 3.05) is 20.3 Å². The third-order valence-electron chi connectivity index (χ3n) is 2.90. The van der Waals surface area contributed by atoms with Crippen LogP contribution in [0.15, 0.2) is 12.1 Å². The molecule has 1 aliphatic heterocycles. The van der Waals surface area contributed by atoms with Gasteiger partial charge in [-0.1, -0.05) is 11.6 Å². The number of alkyl carbamates (subject to hydrolysis) is 1. The molecule has 1 atom stereocenters. The number of carbonyl (C=O) groups is 3. The lowest BCUT2D eigenvalue weighted by molar-refractivity contribution is -0.128. The number of hydrogen-bond acceptors (Lipinski definition) is 7. The Kier molecular flexibility index (Phi) is 5.28. The van der Waals surface area contributed by atoms with Crippen LogP contribution in [-0.2, 0) is 14.3 Å². The Morgan fingerprint density at radius 2 is 1.96 bits per heavy atom. The Hall–Kier alpha value is -2.48. The van der Waals surface area contributed by atoms with Gasteiger partial charge < -0.3 is 18.9 Å². The van der Waals surface area contributed by atoms with E-state index in [1.807, 2.05) is 5.32 Å². The smallest absolute Gasteiger partial charge is 0.413 e. The summed E-state index contributed by atoms with van der Waals surface area (Å²) < 4.78 is 20.0. The van der Waals surface area contributed by atoms with Crippen LogP contribution in [0.5, 0.6) is 11.5 Å². The van der Waals surface area contributed by atoms with Crippen molar-refractivity contribution in [3.05, 3.63) is 22.7 Å².